The summed E-state index contributed by atoms with van der Waals surface area (Å²) in [7, 11) is 0. The first-order valence-corrected chi connectivity index (χ1v) is 5.73. The maximum atomic E-state index is 11.8. The lowest BCUT2D eigenvalue weighted by molar-refractivity contribution is 0.0950. The van der Waals surface area contributed by atoms with Crippen LogP contribution in [0, 0.1) is 5.92 Å². The first kappa shape index (κ1) is 13.3. The minimum Gasteiger partial charge on any atom is -0.398 e. The molecule has 2 atom stereocenters. The molecule has 1 aromatic carbocycles. The lowest BCUT2D eigenvalue weighted by Crippen LogP contribution is -2.27. The van der Waals surface area contributed by atoms with Crippen LogP contribution in [0.5, 0.6) is 0 Å². The van der Waals surface area contributed by atoms with Crippen molar-refractivity contribution in [3.8, 4) is 0 Å². The van der Waals surface area contributed by atoms with E-state index in [0.29, 0.717) is 23.2 Å². The van der Waals surface area contributed by atoms with E-state index in [1.807, 2.05) is 6.07 Å². The van der Waals surface area contributed by atoms with E-state index in [-0.39, 0.29) is 18.3 Å². The van der Waals surface area contributed by atoms with Gasteiger partial charge in [0.15, 0.2) is 0 Å². The number of nitrogens with two attached hydrogens (primary N) is 1. The highest BCUT2D eigenvalue weighted by atomic mass is 79.9. The smallest absolute Gasteiger partial charge is 0.253 e. The van der Waals surface area contributed by atoms with Crippen LogP contribution < -0.4 is 11.1 Å². The highest BCUT2D eigenvalue weighted by Crippen LogP contribution is 2.29. The molecule has 0 aliphatic heterocycles. The number of nitrogen functional groups attached to an aromatic ring is 1. The lowest BCUT2D eigenvalue weighted by Gasteiger charge is -2.06. The molecule has 0 radical (unpaired) electrons. The van der Waals surface area contributed by atoms with Crippen LogP contribution in [0.15, 0.2) is 22.7 Å². The fourth-order valence-electron chi connectivity index (χ4n) is 1.51. The van der Waals surface area contributed by atoms with E-state index in [9.17, 15) is 4.79 Å². The third-order valence-electron chi connectivity index (χ3n) is 2.68. The molecule has 1 saturated carbocycles. The summed E-state index contributed by atoms with van der Waals surface area (Å²) in [4.78, 5) is 11.8. The number of hydrogen-bond acceptors (Lipinski definition) is 2. The molecule has 2 unspecified atom stereocenters. The average Bonchev–Trinajstić information content (AvgIpc) is 2.81. The standard InChI is InChI=1S/C11H13BrN2O.ClH/c1-6-4-10(6)14-11(15)8-3-2-7(12)5-9(8)13;/h2-3,5-6,10H,4,13H2,1H3,(H,14,15);1H. The maximum Gasteiger partial charge on any atom is 0.253 e. The van der Waals surface area contributed by atoms with E-state index in [2.05, 4.69) is 28.2 Å². The van der Waals surface area contributed by atoms with Crippen molar-refractivity contribution in [2.75, 3.05) is 5.73 Å². The highest BCUT2D eigenvalue weighted by Gasteiger charge is 2.34. The number of rotatable bonds is 2. The quantitative estimate of drug-likeness (QED) is 0.825. The van der Waals surface area contributed by atoms with E-state index in [1.54, 1.807) is 12.1 Å². The van der Waals surface area contributed by atoms with Crippen LogP contribution in [0.4, 0.5) is 5.69 Å². The van der Waals surface area contributed by atoms with Crippen molar-refractivity contribution in [3.05, 3.63) is 28.2 Å². The second-order valence-corrected chi connectivity index (χ2v) is 4.94. The predicted molar refractivity (Wildman–Crippen MR) is 70.8 cm³/mol. The number of amides is 1. The molecule has 5 heteroatoms. The Bertz CT molecular complexity index is 411. The van der Waals surface area contributed by atoms with Crippen molar-refractivity contribution in [3.63, 3.8) is 0 Å². The van der Waals surface area contributed by atoms with Crippen LogP contribution in [0.25, 0.3) is 0 Å². The van der Waals surface area contributed by atoms with Gasteiger partial charge >= 0.3 is 0 Å². The summed E-state index contributed by atoms with van der Waals surface area (Å²) in [5.41, 5.74) is 6.82. The van der Waals surface area contributed by atoms with Crippen LogP contribution in [-0.2, 0) is 0 Å². The van der Waals surface area contributed by atoms with E-state index < -0.39 is 0 Å². The van der Waals surface area contributed by atoms with Crippen molar-refractivity contribution >= 4 is 39.9 Å². The molecule has 0 saturated heterocycles. The van der Waals surface area contributed by atoms with Gasteiger partial charge in [0, 0.05) is 16.2 Å². The Balaban J connectivity index is 0.00000128. The van der Waals surface area contributed by atoms with E-state index in [0.717, 1.165) is 10.9 Å². The molecule has 88 valence electrons. The van der Waals surface area contributed by atoms with Gasteiger partial charge in [-0.1, -0.05) is 22.9 Å². The number of hydrogen-bond donors (Lipinski definition) is 2. The monoisotopic (exact) mass is 304 g/mol. The zero-order chi connectivity index (χ0) is 11.0. The van der Waals surface area contributed by atoms with Crippen molar-refractivity contribution in [2.24, 2.45) is 5.92 Å². The Labute approximate surface area is 109 Å². The van der Waals surface area contributed by atoms with Gasteiger partial charge in [-0.05, 0) is 30.5 Å². The van der Waals surface area contributed by atoms with Crippen molar-refractivity contribution in [1.29, 1.82) is 0 Å². The Morgan fingerprint density at radius 3 is 2.69 bits per heavy atom. The van der Waals surface area contributed by atoms with Gasteiger partial charge in [-0.3, -0.25) is 4.79 Å². The summed E-state index contributed by atoms with van der Waals surface area (Å²) >= 11 is 3.31. The van der Waals surface area contributed by atoms with Gasteiger partial charge in [0.1, 0.15) is 0 Å². The highest BCUT2D eigenvalue weighted by molar-refractivity contribution is 9.10. The summed E-state index contributed by atoms with van der Waals surface area (Å²) in [6, 6.07) is 5.63. The molecule has 1 aliphatic carbocycles. The van der Waals surface area contributed by atoms with Crippen LogP contribution in [0.2, 0.25) is 0 Å². The van der Waals surface area contributed by atoms with Gasteiger partial charge < -0.3 is 11.1 Å². The van der Waals surface area contributed by atoms with E-state index in [4.69, 9.17) is 5.73 Å². The summed E-state index contributed by atoms with van der Waals surface area (Å²) in [6.45, 7) is 2.12. The van der Waals surface area contributed by atoms with Crippen molar-refractivity contribution in [1.82, 2.24) is 5.32 Å². The number of nitrogens with one attached hydrogen (secondary N) is 1. The topological polar surface area (TPSA) is 55.1 Å². The maximum absolute atomic E-state index is 11.8. The first-order valence-electron chi connectivity index (χ1n) is 4.94. The van der Waals surface area contributed by atoms with Gasteiger partial charge in [-0.2, -0.15) is 0 Å². The number of carbonyl (C=O) groups excluding carboxylic acids is 1. The van der Waals surface area contributed by atoms with Crippen LogP contribution in [0.1, 0.15) is 23.7 Å². The second-order valence-electron chi connectivity index (χ2n) is 4.02. The Kier molecular flexibility index (Phi) is 4.21. The molecule has 0 heterocycles. The third-order valence-corrected chi connectivity index (χ3v) is 3.18. The number of carbonyl (C=O) groups is 1. The fraction of sp³-hybridized carbons (Fsp3) is 0.364. The number of anilines is 1. The number of halogens is 2. The van der Waals surface area contributed by atoms with Crippen molar-refractivity contribution in [2.45, 2.75) is 19.4 Å². The third kappa shape index (κ3) is 2.89. The van der Waals surface area contributed by atoms with Crippen LogP contribution in [-0.4, -0.2) is 11.9 Å². The molecular weight excluding hydrogens is 291 g/mol. The fourth-order valence-corrected chi connectivity index (χ4v) is 1.89. The average molecular weight is 306 g/mol. The molecule has 1 fully saturated rings. The van der Waals surface area contributed by atoms with Gasteiger partial charge in [-0.15, -0.1) is 12.4 Å². The van der Waals surface area contributed by atoms with Crippen LogP contribution >= 0.6 is 28.3 Å². The molecule has 0 aromatic heterocycles. The molecule has 0 bridgehead atoms. The molecule has 1 aromatic rings. The predicted octanol–water partition coefficient (Wildman–Crippen LogP) is 2.59. The summed E-state index contributed by atoms with van der Waals surface area (Å²) in [6.07, 6.45) is 1.07. The molecule has 3 nitrogen and oxygen atoms in total. The molecule has 0 spiro atoms. The molecule has 1 amide bonds. The Morgan fingerprint density at radius 2 is 2.19 bits per heavy atom. The molecular formula is C11H14BrClN2O. The second kappa shape index (κ2) is 5.06. The first-order chi connectivity index (χ1) is 7.08. The molecule has 16 heavy (non-hydrogen) atoms. The van der Waals surface area contributed by atoms with E-state index in [1.165, 1.54) is 0 Å². The molecule has 2 rings (SSSR count). The van der Waals surface area contributed by atoms with Crippen molar-refractivity contribution < 1.29 is 4.79 Å². The summed E-state index contributed by atoms with van der Waals surface area (Å²) in [5.74, 6) is 0.528. The minimum atomic E-state index is -0.0747. The molecule has 3 N–H and O–H groups in total. The van der Waals surface area contributed by atoms with Crippen LogP contribution in [0.3, 0.4) is 0 Å². The minimum absolute atomic E-state index is 0. The summed E-state index contributed by atoms with van der Waals surface area (Å²) < 4.78 is 0.885. The number of benzene rings is 1. The Hall–Kier alpha value is -0.740. The van der Waals surface area contributed by atoms with E-state index >= 15 is 0 Å². The zero-order valence-electron chi connectivity index (χ0n) is 8.87. The zero-order valence-corrected chi connectivity index (χ0v) is 11.3. The van der Waals surface area contributed by atoms with Gasteiger partial charge in [-0.25, -0.2) is 0 Å². The summed E-state index contributed by atoms with van der Waals surface area (Å²) in [5, 5.41) is 2.95. The van der Waals surface area contributed by atoms with Gasteiger partial charge in [0.25, 0.3) is 5.91 Å². The largest absolute Gasteiger partial charge is 0.398 e. The van der Waals surface area contributed by atoms with Gasteiger partial charge in [0.2, 0.25) is 0 Å². The normalized spacial score (nSPS) is 22.1. The Morgan fingerprint density at radius 1 is 1.56 bits per heavy atom. The molecule has 1 aliphatic rings. The van der Waals surface area contributed by atoms with Gasteiger partial charge in [0.05, 0.1) is 5.56 Å². The lowest BCUT2D eigenvalue weighted by atomic mass is 10.1. The SMILES string of the molecule is CC1CC1NC(=O)c1ccc(Br)cc1N.Cl.